The van der Waals surface area contributed by atoms with Crippen LogP contribution in [0.4, 0.5) is 4.79 Å². The summed E-state index contributed by atoms with van der Waals surface area (Å²) in [7, 11) is 1.92. The molecule has 2 N–H and O–H groups in total. The second-order valence-electron chi connectivity index (χ2n) is 5.50. The van der Waals surface area contributed by atoms with Gasteiger partial charge in [0.1, 0.15) is 6.10 Å². The maximum atomic E-state index is 11.6. The van der Waals surface area contributed by atoms with E-state index in [4.69, 9.17) is 4.74 Å². The Morgan fingerprint density at radius 2 is 1.88 bits per heavy atom. The van der Waals surface area contributed by atoms with Crippen LogP contribution in [0.3, 0.4) is 0 Å². The predicted octanol–water partition coefficient (Wildman–Crippen LogP) is 2.04. The Labute approximate surface area is 98.1 Å². The molecule has 0 aliphatic heterocycles. The number of rotatable bonds is 2. The summed E-state index contributed by atoms with van der Waals surface area (Å²) < 4.78 is 5.46. The van der Waals surface area contributed by atoms with E-state index in [2.05, 4.69) is 10.6 Å². The lowest BCUT2D eigenvalue weighted by molar-refractivity contribution is 0.0504. The second-order valence-corrected chi connectivity index (χ2v) is 5.50. The van der Waals surface area contributed by atoms with Crippen molar-refractivity contribution in [3.8, 4) is 0 Å². The minimum absolute atomic E-state index is 0.0149. The van der Waals surface area contributed by atoms with Gasteiger partial charge in [-0.2, -0.15) is 0 Å². The SMILES string of the molecule is CNC1CCCCC1OC(=O)NC(C)(C)C. The molecule has 0 spiro atoms. The number of hydrogen-bond acceptors (Lipinski definition) is 3. The first-order valence-electron chi connectivity index (χ1n) is 6.08. The standard InChI is InChI=1S/C12H24N2O2/c1-12(2,3)14-11(15)16-10-8-6-5-7-9(10)13-4/h9-10,13H,5-8H2,1-4H3,(H,14,15). The van der Waals surface area contributed by atoms with Crippen LogP contribution in [-0.2, 0) is 4.74 Å². The van der Waals surface area contributed by atoms with Gasteiger partial charge in [-0.1, -0.05) is 6.42 Å². The van der Waals surface area contributed by atoms with E-state index in [-0.39, 0.29) is 17.7 Å². The number of carbonyl (C=O) groups is 1. The van der Waals surface area contributed by atoms with Gasteiger partial charge in [0.2, 0.25) is 0 Å². The summed E-state index contributed by atoms with van der Waals surface area (Å²) in [6, 6.07) is 0.305. The average molecular weight is 228 g/mol. The van der Waals surface area contributed by atoms with Crippen molar-refractivity contribution in [2.24, 2.45) is 0 Å². The minimum Gasteiger partial charge on any atom is -0.445 e. The highest BCUT2D eigenvalue weighted by atomic mass is 16.6. The Balaban J connectivity index is 2.42. The molecular formula is C12H24N2O2. The largest absolute Gasteiger partial charge is 0.445 e. The van der Waals surface area contributed by atoms with Crippen LogP contribution >= 0.6 is 0 Å². The number of hydrogen-bond donors (Lipinski definition) is 2. The highest BCUT2D eigenvalue weighted by Crippen LogP contribution is 2.21. The van der Waals surface area contributed by atoms with Crippen LogP contribution in [0.25, 0.3) is 0 Å². The van der Waals surface area contributed by atoms with E-state index < -0.39 is 0 Å². The summed E-state index contributed by atoms with van der Waals surface area (Å²) in [5.41, 5.74) is -0.235. The molecule has 0 aromatic heterocycles. The minimum atomic E-state index is -0.306. The maximum Gasteiger partial charge on any atom is 0.407 e. The fourth-order valence-electron chi connectivity index (χ4n) is 2.04. The zero-order chi connectivity index (χ0) is 12.2. The van der Waals surface area contributed by atoms with Gasteiger partial charge < -0.3 is 15.4 Å². The zero-order valence-corrected chi connectivity index (χ0v) is 10.8. The molecule has 4 heteroatoms. The molecule has 16 heavy (non-hydrogen) atoms. The number of carbonyl (C=O) groups excluding carboxylic acids is 1. The quantitative estimate of drug-likeness (QED) is 0.760. The first-order valence-corrected chi connectivity index (χ1v) is 6.08. The van der Waals surface area contributed by atoms with Gasteiger partial charge in [-0.05, 0) is 47.1 Å². The van der Waals surface area contributed by atoms with E-state index in [0.29, 0.717) is 6.04 Å². The van der Waals surface area contributed by atoms with Crippen molar-refractivity contribution in [3.05, 3.63) is 0 Å². The molecule has 94 valence electrons. The summed E-state index contributed by atoms with van der Waals surface area (Å²) >= 11 is 0. The summed E-state index contributed by atoms with van der Waals surface area (Å²) in [6.45, 7) is 5.85. The highest BCUT2D eigenvalue weighted by molar-refractivity contribution is 5.68. The van der Waals surface area contributed by atoms with Gasteiger partial charge in [-0.25, -0.2) is 4.79 Å². The van der Waals surface area contributed by atoms with Crippen molar-refractivity contribution in [1.29, 1.82) is 0 Å². The summed E-state index contributed by atoms with van der Waals surface area (Å²) in [4.78, 5) is 11.6. The number of amides is 1. The Morgan fingerprint density at radius 3 is 2.44 bits per heavy atom. The molecule has 1 rings (SSSR count). The number of ether oxygens (including phenoxy) is 1. The number of likely N-dealkylation sites (N-methyl/N-ethyl adjacent to an activating group) is 1. The third-order valence-electron chi connectivity index (χ3n) is 2.81. The molecule has 1 fully saturated rings. The molecule has 4 nitrogen and oxygen atoms in total. The van der Waals surface area contributed by atoms with Crippen molar-refractivity contribution >= 4 is 6.09 Å². The smallest absolute Gasteiger partial charge is 0.407 e. The van der Waals surface area contributed by atoms with Gasteiger partial charge in [0.15, 0.2) is 0 Å². The Morgan fingerprint density at radius 1 is 1.25 bits per heavy atom. The molecule has 0 bridgehead atoms. The van der Waals surface area contributed by atoms with Crippen LogP contribution in [0.2, 0.25) is 0 Å². The molecule has 0 aromatic carbocycles. The average Bonchev–Trinajstić information content (AvgIpc) is 2.15. The van der Waals surface area contributed by atoms with Gasteiger partial charge in [0.05, 0.1) is 0 Å². The van der Waals surface area contributed by atoms with Crippen LogP contribution in [-0.4, -0.2) is 30.8 Å². The molecule has 1 amide bonds. The molecule has 1 aliphatic carbocycles. The van der Waals surface area contributed by atoms with Crippen molar-refractivity contribution in [3.63, 3.8) is 0 Å². The van der Waals surface area contributed by atoms with Crippen LogP contribution in [0.1, 0.15) is 46.5 Å². The molecule has 0 heterocycles. The topological polar surface area (TPSA) is 50.4 Å². The van der Waals surface area contributed by atoms with Gasteiger partial charge in [0.25, 0.3) is 0 Å². The molecular weight excluding hydrogens is 204 g/mol. The highest BCUT2D eigenvalue weighted by Gasteiger charge is 2.28. The Bertz CT molecular complexity index is 236. The monoisotopic (exact) mass is 228 g/mol. The van der Waals surface area contributed by atoms with Crippen molar-refractivity contribution in [1.82, 2.24) is 10.6 Å². The fraction of sp³-hybridized carbons (Fsp3) is 0.917. The lowest BCUT2D eigenvalue weighted by Crippen LogP contribution is -2.47. The first-order chi connectivity index (χ1) is 7.42. The molecule has 0 saturated heterocycles. The van der Waals surface area contributed by atoms with Crippen LogP contribution < -0.4 is 10.6 Å². The van der Waals surface area contributed by atoms with Gasteiger partial charge in [-0.15, -0.1) is 0 Å². The summed E-state index contributed by atoms with van der Waals surface area (Å²) in [5, 5.41) is 6.04. The van der Waals surface area contributed by atoms with Crippen molar-refractivity contribution < 1.29 is 9.53 Å². The molecule has 2 unspecified atom stereocenters. The van der Waals surface area contributed by atoms with Crippen molar-refractivity contribution in [2.45, 2.75) is 64.1 Å². The van der Waals surface area contributed by atoms with E-state index >= 15 is 0 Å². The summed E-state index contributed by atoms with van der Waals surface area (Å²) in [5.74, 6) is 0. The van der Waals surface area contributed by atoms with E-state index in [0.717, 1.165) is 19.3 Å². The third-order valence-corrected chi connectivity index (χ3v) is 2.81. The molecule has 1 aliphatic rings. The lowest BCUT2D eigenvalue weighted by Gasteiger charge is -2.32. The van der Waals surface area contributed by atoms with E-state index in [1.54, 1.807) is 0 Å². The number of nitrogens with one attached hydrogen (secondary N) is 2. The number of alkyl carbamates (subject to hydrolysis) is 1. The lowest BCUT2D eigenvalue weighted by atomic mass is 9.92. The maximum absolute atomic E-state index is 11.6. The van der Waals surface area contributed by atoms with Gasteiger partial charge in [0, 0.05) is 11.6 Å². The van der Waals surface area contributed by atoms with Crippen LogP contribution in [0.5, 0.6) is 0 Å². The van der Waals surface area contributed by atoms with E-state index in [9.17, 15) is 4.79 Å². The third kappa shape index (κ3) is 4.39. The van der Waals surface area contributed by atoms with Gasteiger partial charge >= 0.3 is 6.09 Å². The van der Waals surface area contributed by atoms with Crippen molar-refractivity contribution in [2.75, 3.05) is 7.05 Å². The normalized spacial score (nSPS) is 26.2. The summed E-state index contributed by atoms with van der Waals surface area (Å²) in [6.07, 6.45) is 4.12. The Kier molecular flexibility index (Phi) is 4.59. The predicted molar refractivity (Wildman–Crippen MR) is 64.5 cm³/mol. The van der Waals surface area contributed by atoms with E-state index in [1.807, 2.05) is 27.8 Å². The first kappa shape index (κ1) is 13.3. The molecule has 2 atom stereocenters. The van der Waals surface area contributed by atoms with Gasteiger partial charge in [-0.3, -0.25) is 0 Å². The molecule has 0 aromatic rings. The molecule has 1 saturated carbocycles. The Hall–Kier alpha value is -0.770. The fourth-order valence-corrected chi connectivity index (χ4v) is 2.04. The van der Waals surface area contributed by atoms with Crippen LogP contribution in [0, 0.1) is 0 Å². The molecule has 0 radical (unpaired) electrons. The zero-order valence-electron chi connectivity index (χ0n) is 10.8. The van der Waals surface area contributed by atoms with E-state index in [1.165, 1.54) is 6.42 Å². The second kappa shape index (κ2) is 5.53. The van der Waals surface area contributed by atoms with Crippen LogP contribution in [0.15, 0.2) is 0 Å².